The molecule has 0 radical (unpaired) electrons. The van der Waals surface area contributed by atoms with Crippen LogP contribution in [0.15, 0.2) is 12.1 Å². The molecule has 1 aromatic carbocycles. The fraction of sp³-hybridized carbons (Fsp3) is 0.333. The first kappa shape index (κ1) is 18.1. The molecule has 0 N–H and O–H groups in total. The fourth-order valence-corrected chi connectivity index (χ4v) is 3.03. The highest BCUT2D eigenvalue weighted by molar-refractivity contribution is 7.80. The van der Waals surface area contributed by atoms with Crippen molar-refractivity contribution in [3.8, 4) is 5.75 Å². The Morgan fingerprint density at radius 3 is 2.42 bits per heavy atom. The number of alkyl halides is 2. The Morgan fingerprint density at radius 2 is 1.81 bits per heavy atom. The number of ether oxygens (including phenoxy) is 1. The van der Waals surface area contributed by atoms with Gasteiger partial charge in [0.05, 0.1) is 11.4 Å². The van der Waals surface area contributed by atoms with Gasteiger partial charge < -0.3 is 9.64 Å². The van der Waals surface area contributed by atoms with Crippen LogP contribution in [0, 0.1) is 5.82 Å². The largest absolute Gasteiger partial charge is 0.482 e. The molecule has 1 aromatic rings. The lowest BCUT2D eigenvalue weighted by Gasteiger charge is -2.32. The average Bonchev–Trinajstić information content (AvgIpc) is 2.77. The third-order valence-electron chi connectivity index (χ3n) is 3.92. The number of likely N-dealkylation sites (N-methyl/N-ethyl adjacent to an activating group) is 1. The Hall–Kier alpha value is -2.69. The van der Waals surface area contributed by atoms with Gasteiger partial charge >= 0.3 is 23.8 Å². The Bertz CT molecular complexity index is 861. The van der Waals surface area contributed by atoms with E-state index in [2.05, 4.69) is 4.74 Å². The Labute approximate surface area is 150 Å². The predicted molar refractivity (Wildman–Crippen MR) is 87.5 cm³/mol. The van der Waals surface area contributed by atoms with E-state index < -0.39 is 41.1 Å². The van der Waals surface area contributed by atoms with Crippen molar-refractivity contribution >= 4 is 46.4 Å². The van der Waals surface area contributed by atoms with Crippen molar-refractivity contribution in [2.24, 2.45) is 0 Å². The highest BCUT2D eigenvalue weighted by atomic mass is 32.1. The number of hydrogen-bond acceptors (Lipinski definition) is 5. The molecular weight excluding hydrogens is 375 g/mol. The zero-order valence-corrected chi connectivity index (χ0v) is 14.4. The van der Waals surface area contributed by atoms with Gasteiger partial charge in [0, 0.05) is 19.7 Å². The van der Waals surface area contributed by atoms with Crippen LogP contribution in [0.2, 0.25) is 0 Å². The number of hydrogen-bond donors (Lipinski definition) is 0. The van der Waals surface area contributed by atoms with E-state index >= 15 is 0 Å². The SMILES string of the molecule is CCCN1C(=O)C(=O)N(c2cc3c(cc2F)OC(F)(F)C(=O)N3C)C1=S. The van der Waals surface area contributed by atoms with E-state index in [-0.39, 0.29) is 17.3 Å². The van der Waals surface area contributed by atoms with E-state index in [1.165, 1.54) is 0 Å². The normalized spacial score (nSPS) is 19.2. The number of halogens is 3. The third kappa shape index (κ3) is 2.50. The first-order valence-corrected chi connectivity index (χ1v) is 7.89. The van der Waals surface area contributed by atoms with E-state index in [1.54, 1.807) is 6.92 Å². The number of anilines is 2. The van der Waals surface area contributed by atoms with Gasteiger partial charge in [-0.05, 0) is 24.7 Å². The van der Waals surface area contributed by atoms with Gasteiger partial charge in [0.2, 0.25) is 0 Å². The zero-order chi connectivity index (χ0) is 19.4. The maximum atomic E-state index is 14.5. The van der Waals surface area contributed by atoms with Gasteiger partial charge in [-0.25, -0.2) is 9.29 Å². The molecule has 0 spiro atoms. The number of rotatable bonds is 3. The molecule has 0 aliphatic carbocycles. The van der Waals surface area contributed by atoms with Crippen molar-refractivity contribution in [2.45, 2.75) is 19.5 Å². The summed E-state index contributed by atoms with van der Waals surface area (Å²) in [5, 5.41) is -0.225. The molecule has 0 aromatic heterocycles. The second-order valence-electron chi connectivity index (χ2n) is 5.63. The lowest BCUT2D eigenvalue weighted by molar-refractivity contribution is -0.192. The lowest BCUT2D eigenvalue weighted by Crippen LogP contribution is -2.49. The van der Waals surface area contributed by atoms with E-state index in [0.29, 0.717) is 22.3 Å². The van der Waals surface area contributed by atoms with Crippen molar-refractivity contribution in [1.29, 1.82) is 0 Å². The molecule has 3 rings (SSSR count). The molecule has 7 nitrogen and oxygen atoms in total. The second-order valence-corrected chi connectivity index (χ2v) is 6.00. The average molecular weight is 387 g/mol. The predicted octanol–water partition coefficient (Wildman–Crippen LogP) is 1.64. The molecule has 26 heavy (non-hydrogen) atoms. The summed E-state index contributed by atoms with van der Waals surface area (Å²) in [6.45, 7) is 1.93. The highest BCUT2D eigenvalue weighted by Gasteiger charge is 2.50. The zero-order valence-electron chi connectivity index (χ0n) is 13.6. The van der Waals surface area contributed by atoms with E-state index in [4.69, 9.17) is 12.2 Å². The fourth-order valence-electron chi connectivity index (χ4n) is 2.67. The standard InChI is InChI=1S/C15H12F3N3O4S/c1-3-4-20-11(22)12(23)21(14(20)26)8-6-9-10(5-7(8)16)25-15(17,18)13(24)19(9)2/h5-6H,3-4H2,1-2H3. The van der Waals surface area contributed by atoms with Crippen LogP contribution in [-0.2, 0) is 14.4 Å². The second kappa shape index (κ2) is 5.94. The first-order valence-electron chi connectivity index (χ1n) is 7.48. The number of benzene rings is 1. The lowest BCUT2D eigenvalue weighted by atomic mass is 10.2. The monoisotopic (exact) mass is 387 g/mol. The van der Waals surface area contributed by atoms with Gasteiger partial charge in [0.25, 0.3) is 0 Å². The van der Waals surface area contributed by atoms with Crippen molar-refractivity contribution in [1.82, 2.24) is 4.90 Å². The molecule has 138 valence electrons. The summed E-state index contributed by atoms with van der Waals surface area (Å²) in [5.74, 6) is -5.32. The minimum atomic E-state index is -4.14. The van der Waals surface area contributed by atoms with Crippen LogP contribution in [0.1, 0.15) is 13.3 Å². The van der Waals surface area contributed by atoms with Gasteiger partial charge in [0.15, 0.2) is 16.7 Å². The Balaban J connectivity index is 2.09. The van der Waals surface area contributed by atoms with Gasteiger partial charge in [-0.3, -0.25) is 19.3 Å². The van der Waals surface area contributed by atoms with Gasteiger partial charge in [-0.15, -0.1) is 0 Å². The number of nitrogens with zero attached hydrogens (tertiary/aromatic N) is 3. The van der Waals surface area contributed by atoms with Crippen LogP contribution in [0.5, 0.6) is 5.75 Å². The van der Waals surface area contributed by atoms with Gasteiger partial charge in [-0.1, -0.05) is 6.92 Å². The molecule has 11 heteroatoms. The summed E-state index contributed by atoms with van der Waals surface area (Å²) in [6.07, 6.45) is -3.62. The van der Waals surface area contributed by atoms with Gasteiger partial charge in [-0.2, -0.15) is 8.78 Å². The summed E-state index contributed by atoms with van der Waals surface area (Å²) in [5.41, 5.74) is -0.617. The Kier molecular flexibility index (Phi) is 4.14. The van der Waals surface area contributed by atoms with Crippen molar-refractivity contribution in [3.63, 3.8) is 0 Å². The number of fused-ring (bicyclic) bond motifs is 1. The summed E-state index contributed by atoms with van der Waals surface area (Å²) < 4.78 is 45.7. The minimum absolute atomic E-state index is 0.167. The van der Waals surface area contributed by atoms with Crippen LogP contribution in [-0.4, -0.2) is 47.4 Å². The van der Waals surface area contributed by atoms with Gasteiger partial charge in [0.1, 0.15) is 0 Å². The van der Waals surface area contributed by atoms with Crippen LogP contribution in [0.4, 0.5) is 24.5 Å². The molecule has 1 fully saturated rings. The van der Waals surface area contributed by atoms with Crippen LogP contribution in [0.25, 0.3) is 0 Å². The van der Waals surface area contributed by atoms with E-state index in [1.807, 2.05) is 0 Å². The summed E-state index contributed by atoms with van der Waals surface area (Å²) in [7, 11) is 1.05. The molecule has 0 atom stereocenters. The number of carbonyl (C=O) groups excluding carboxylic acids is 3. The van der Waals surface area contributed by atoms with Crippen LogP contribution in [0.3, 0.4) is 0 Å². The van der Waals surface area contributed by atoms with Crippen molar-refractivity contribution in [2.75, 3.05) is 23.4 Å². The number of carbonyl (C=O) groups is 3. The molecule has 3 amide bonds. The molecule has 2 aliphatic heterocycles. The number of amides is 3. The molecule has 0 unspecified atom stereocenters. The molecule has 2 heterocycles. The smallest absolute Gasteiger partial charge is 0.423 e. The van der Waals surface area contributed by atoms with Crippen molar-refractivity contribution in [3.05, 3.63) is 17.9 Å². The van der Waals surface area contributed by atoms with Crippen molar-refractivity contribution < 1.29 is 32.3 Å². The maximum Gasteiger partial charge on any atom is 0.482 e. The summed E-state index contributed by atoms with van der Waals surface area (Å²) in [6, 6.07) is 1.58. The molecule has 2 aliphatic rings. The molecule has 1 saturated heterocycles. The summed E-state index contributed by atoms with van der Waals surface area (Å²) >= 11 is 5.08. The summed E-state index contributed by atoms with van der Waals surface area (Å²) in [4.78, 5) is 38.2. The molecule has 0 bridgehead atoms. The quantitative estimate of drug-likeness (QED) is 0.583. The van der Waals surface area contributed by atoms with Crippen LogP contribution >= 0.6 is 12.2 Å². The number of thiocarbonyl (C=S) groups is 1. The topological polar surface area (TPSA) is 70.2 Å². The molecular formula is C15H12F3N3O4S. The highest BCUT2D eigenvalue weighted by Crippen LogP contribution is 2.42. The maximum absolute atomic E-state index is 14.5. The minimum Gasteiger partial charge on any atom is -0.423 e. The van der Waals surface area contributed by atoms with E-state index in [9.17, 15) is 27.6 Å². The van der Waals surface area contributed by atoms with E-state index in [0.717, 1.165) is 18.0 Å². The molecule has 0 saturated carbocycles. The van der Waals surface area contributed by atoms with Crippen LogP contribution < -0.4 is 14.5 Å². The first-order chi connectivity index (χ1) is 12.1. The Morgan fingerprint density at radius 1 is 1.15 bits per heavy atom. The third-order valence-corrected chi connectivity index (χ3v) is 4.33.